The number of aromatic amines is 1. The highest BCUT2D eigenvalue weighted by Crippen LogP contribution is 2.25. The number of nitrogens with one attached hydrogen (secondary N) is 2. The van der Waals surface area contributed by atoms with Crippen LogP contribution in [0, 0.1) is 6.92 Å². The first-order valence-corrected chi connectivity index (χ1v) is 6.99. The second-order valence-corrected chi connectivity index (χ2v) is 5.79. The van der Waals surface area contributed by atoms with Gasteiger partial charge in [-0.1, -0.05) is 15.9 Å². The van der Waals surface area contributed by atoms with Crippen molar-refractivity contribution in [1.29, 1.82) is 0 Å². The summed E-state index contributed by atoms with van der Waals surface area (Å²) in [7, 11) is 3.97. The van der Waals surface area contributed by atoms with E-state index in [9.17, 15) is 4.79 Å². The van der Waals surface area contributed by atoms with Crippen molar-refractivity contribution in [2.24, 2.45) is 0 Å². The van der Waals surface area contributed by atoms with E-state index in [2.05, 4.69) is 26.2 Å². The first-order valence-electron chi connectivity index (χ1n) is 6.20. The van der Waals surface area contributed by atoms with Crippen LogP contribution >= 0.6 is 15.9 Å². The summed E-state index contributed by atoms with van der Waals surface area (Å²) in [6.45, 7) is 3.44. The average molecular weight is 324 g/mol. The predicted octanol–water partition coefficient (Wildman–Crippen LogP) is 2.53. The average Bonchev–Trinajstić information content (AvgIpc) is 2.66. The van der Waals surface area contributed by atoms with E-state index in [0.29, 0.717) is 12.2 Å². The number of aryl methyl sites for hydroxylation is 1. The summed E-state index contributed by atoms with van der Waals surface area (Å²) in [5.74, 6) is -0.0494. The van der Waals surface area contributed by atoms with Gasteiger partial charge in [0.2, 0.25) is 0 Å². The van der Waals surface area contributed by atoms with Gasteiger partial charge in [-0.05, 0) is 44.8 Å². The lowest BCUT2D eigenvalue weighted by molar-refractivity contribution is 0.0946. The molecule has 1 heterocycles. The van der Waals surface area contributed by atoms with Gasteiger partial charge >= 0.3 is 0 Å². The first-order chi connectivity index (χ1) is 8.99. The molecule has 5 heteroatoms. The minimum absolute atomic E-state index is 0.0494. The van der Waals surface area contributed by atoms with Crippen molar-refractivity contribution in [3.8, 4) is 0 Å². The number of halogens is 1. The van der Waals surface area contributed by atoms with E-state index < -0.39 is 0 Å². The van der Waals surface area contributed by atoms with E-state index in [1.165, 1.54) is 0 Å². The van der Waals surface area contributed by atoms with Crippen LogP contribution in [0.2, 0.25) is 0 Å². The second kappa shape index (κ2) is 5.75. The van der Waals surface area contributed by atoms with E-state index in [1.54, 1.807) is 0 Å². The zero-order chi connectivity index (χ0) is 14.0. The molecule has 1 aromatic carbocycles. The van der Waals surface area contributed by atoms with Crippen LogP contribution in [0.3, 0.4) is 0 Å². The van der Waals surface area contributed by atoms with Crippen LogP contribution in [0.4, 0.5) is 0 Å². The van der Waals surface area contributed by atoms with Crippen molar-refractivity contribution < 1.29 is 4.79 Å². The molecule has 0 saturated carbocycles. The third kappa shape index (κ3) is 3.16. The van der Waals surface area contributed by atoms with Gasteiger partial charge in [0.15, 0.2) is 0 Å². The quantitative estimate of drug-likeness (QED) is 0.908. The van der Waals surface area contributed by atoms with Crippen molar-refractivity contribution in [2.45, 2.75) is 6.92 Å². The summed E-state index contributed by atoms with van der Waals surface area (Å²) < 4.78 is 1.02. The number of aromatic nitrogens is 1. The molecule has 0 spiro atoms. The number of carbonyl (C=O) groups excluding carboxylic acids is 1. The number of benzene rings is 1. The van der Waals surface area contributed by atoms with Crippen LogP contribution in [0.25, 0.3) is 10.9 Å². The molecule has 4 nitrogen and oxygen atoms in total. The maximum atomic E-state index is 12.1. The van der Waals surface area contributed by atoms with Gasteiger partial charge in [0.25, 0.3) is 5.91 Å². The van der Waals surface area contributed by atoms with Gasteiger partial charge in [-0.2, -0.15) is 0 Å². The number of nitrogens with zero attached hydrogens (tertiary/aromatic N) is 1. The van der Waals surface area contributed by atoms with E-state index in [1.807, 2.05) is 44.1 Å². The number of hydrogen-bond donors (Lipinski definition) is 2. The monoisotopic (exact) mass is 323 g/mol. The smallest absolute Gasteiger partial charge is 0.268 e. The zero-order valence-corrected chi connectivity index (χ0v) is 13.0. The number of hydrogen-bond acceptors (Lipinski definition) is 2. The summed E-state index contributed by atoms with van der Waals surface area (Å²) in [4.78, 5) is 17.3. The van der Waals surface area contributed by atoms with Gasteiger partial charge in [-0.25, -0.2) is 0 Å². The largest absolute Gasteiger partial charge is 0.350 e. The third-order valence-corrected chi connectivity index (χ3v) is 3.59. The van der Waals surface area contributed by atoms with Crippen molar-refractivity contribution in [3.05, 3.63) is 33.9 Å². The Morgan fingerprint density at radius 3 is 2.84 bits per heavy atom. The highest BCUT2D eigenvalue weighted by molar-refractivity contribution is 9.10. The Bertz CT molecular complexity index is 604. The molecule has 0 aliphatic heterocycles. The molecule has 1 amide bonds. The van der Waals surface area contributed by atoms with E-state index in [4.69, 9.17) is 0 Å². The molecule has 0 radical (unpaired) electrons. The van der Waals surface area contributed by atoms with E-state index in [-0.39, 0.29) is 5.91 Å². The van der Waals surface area contributed by atoms with Gasteiger partial charge < -0.3 is 15.2 Å². The molecule has 0 bridgehead atoms. The maximum absolute atomic E-state index is 12.1. The minimum atomic E-state index is -0.0494. The minimum Gasteiger partial charge on any atom is -0.350 e. The summed E-state index contributed by atoms with van der Waals surface area (Å²) in [5.41, 5.74) is 2.61. The van der Waals surface area contributed by atoms with Gasteiger partial charge in [0.1, 0.15) is 5.69 Å². The standard InChI is InChI=1S/C14H18BrN3O/c1-9-11-8-10(15)4-5-12(11)17-13(9)14(19)16-6-7-18(2)3/h4-5,8,17H,6-7H2,1-3H3,(H,16,19). The lowest BCUT2D eigenvalue weighted by Crippen LogP contribution is -2.31. The molecule has 0 aliphatic rings. The van der Waals surface area contributed by atoms with Crippen molar-refractivity contribution >= 4 is 32.7 Å². The normalized spacial score (nSPS) is 11.2. The number of H-pyrrole nitrogens is 1. The fourth-order valence-electron chi connectivity index (χ4n) is 2.01. The topological polar surface area (TPSA) is 48.1 Å². The fraction of sp³-hybridized carbons (Fsp3) is 0.357. The van der Waals surface area contributed by atoms with Crippen molar-refractivity contribution in [1.82, 2.24) is 15.2 Å². The highest BCUT2D eigenvalue weighted by Gasteiger charge is 2.14. The lowest BCUT2D eigenvalue weighted by Gasteiger charge is -2.10. The molecular formula is C14H18BrN3O. The third-order valence-electron chi connectivity index (χ3n) is 3.09. The molecule has 102 valence electrons. The number of rotatable bonds is 4. The van der Waals surface area contributed by atoms with Gasteiger partial charge in [0, 0.05) is 28.5 Å². The Labute approximate surface area is 121 Å². The second-order valence-electron chi connectivity index (χ2n) is 4.87. The number of fused-ring (bicyclic) bond motifs is 1. The zero-order valence-electron chi connectivity index (χ0n) is 11.4. The Hall–Kier alpha value is -1.33. The van der Waals surface area contributed by atoms with Crippen LogP contribution in [0.1, 0.15) is 16.1 Å². The van der Waals surface area contributed by atoms with E-state index in [0.717, 1.165) is 27.5 Å². The molecule has 0 atom stereocenters. The molecule has 19 heavy (non-hydrogen) atoms. The lowest BCUT2D eigenvalue weighted by atomic mass is 10.1. The van der Waals surface area contributed by atoms with Crippen LogP contribution in [-0.2, 0) is 0 Å². The molecule has 2 N–H and O–H groups in total. The fourth-order valence-corrected chi connectivity index (χ4v) is 2.37. The summed E-state index contributed by atoms with van der Waals surface area (Å²) in [6.07, 6.45) is 0. The van der Waals surface area contributed by atoms with Gasteiger partial charge in [0.05, 0.1) is 0 Å². The van der Waals surface area contributed by atoms with Gasteiger partial charge in [-0.3, -0.25) is 4.79 Å². The number of carbonyl (C=O) groups is 1. The predicted molar refractivity (Wildman–Crippen MR) is 81.6 cm³/mol. The first kappa shape index (κ1) is 14.1. The number of amides is 1. The van der Waals surface area contributed by atoms with Crippen LogP contribution in [-0.4, -0.2) is 43.0 Å². The summed E-state index contributed by atoms with van der Waals surface area (Å²) >= 11 is 3.45. The summed E-state index contributed by atoms with van der Waals surface area (Å²) in [6, 6.07) is 5.97. The number of likely N-dealkylation sites (N-methyl/N-ethyl adjacent to an activating group) is 1. The molecule has 0 saturated heterocycles. The Morgan fingerprint density at radius 2 is 2.16 bits per heavy atom. The molecule has 2 rings (SSSR count). The van der Waals surface area contributed by atoms with Gasteiger partial charge in [-0.15, -0.1) is 0 Å². The van der Waals surface area contributed by atoms with Crippen LogP contribution in [0.5, 0.6) is 0 Å². The molecule has 2 aromatic rings. The van der Waals surface area contributed by atoms with E-state index >= 15 is 0 Å². The van der Waals surface area contributed by atoms with Crippen molar-refractivity contribution in [3.63, 3.8) is 0 Å². The highest BCUT2D eigenvalue weighted by atomic mass is 79.9. The molecule has 0 fully saturated rings. The Balaban J connectivity index is 2.20. The molecule has 0 aliphatic carbocycles. The SMILES string of the molecule is Cc1c(C(=O)NCCN(C)C)[nH]c2ccc(Br)cc12. The molecule has 1 aromatic heterocycles. The Kier molecular flexibility index (Phi) is 4.27. The van der Waals surface area contributed by atoms with Crippen LogP contribution < -0.4 is 5.32 Å². The van der Waals surface area contributed by atoms with Crippen molar-refractivity contribution in [2.75, 3.05) is 27.2 Å². The summed E-state index contributed by atoms with van der Waals surface area (Å²) in [5, 5.41) is 4.00. The molecule has 0 unspecified atom stereocenters. The Morgan fingerprint density at radius 1 is 1.42 bits per heavy atom. The maximum Gasteiger partial charge on any atom is 0.268 e. The van der Waals surface area contributed by atoms with Crippen LogP contribution in [0.15, 0.2) is 22.7 Å². The molecular weight excluding hydrogens is 306 g/mol.